The van der Waals surface area contributed by atoms with Crippen LogP contribution in [-0.4, -0.2) is 26.7 Å². The van der Waals surface area contributed by atoms with E-state index in [0.29, 0.717) is 5.56 Å². The zero-order valence-corrected chi connectivity index (χ0v) is 16.2. The number of aromatic nitrogens is 2. The molecule has 8 heteroatoms. The van der Waals surface area contributed by atoms with Gasteiger partial charge in [-0.2, -0.15) is 5.10 Å². The van der Waals surface area contributed by atoms with Crippen LogP contribution in [-0.2, 0) is 0 Å². The smallest absolute Gasteiger partial charge is 0.273 e. The van der Waals surface area contributed by atoms with Crippen LogP contribution in [0.15, 0.2) is 53.0 Å². The van der Waals surface area contributed by atoms with Crippen LogP contribution in [0.3, 0.4) is 0 Å². The molecule has 3 N–H and O–H groups in total. The number of aryl methyl sites for hydroxylation is 1. The number of para-hydroxylation sites is 1. The van der Waals surface area contributed by atoms with Crippen molar-refractivity contribution in [1.29, 1.82) is 0 Å². The monoisotopic (exact) mass is 428 g/mol. The minimum absolute atomic E-state index is 0.0725. The van der Waals surface area contributed by atoms with Crippen molar-refractivity contribution in [3.8, 4) is 11.4 Å². The second-order valence-corrected chi connectivity index (χ2v) is 6.66. The maximum absolute atomic E-state index is 12.2. The number of carbonyl (C=O) groups excluding carboxylic acids is 2. The van der Waals surface area contributed by atoms with Crippen LogP contribution < -0.4 is 10.9 Å². The van der Waals surface area contributed by atoms with Gasteiger partial charge in [-0.15, -0.1) is 0 Å². The molecule has 0 aliphatic carbocycles. The van der Waals surface area contributed by atoms with Gasteiger partial charge in [0.25, 0.3) is 11.8 Å². The number of benzene rings is 2. The van der Waals surface area contributed by atoms with Crippen molar-refractivity contribution in [2.45, 2.75) is 13.8 Å². The van der Waals surface area contributed by atoms with Crippen molar-refractivity contribution in [3.05, 3.63) is 75.5 Å². The highest BCUT2D eigenvalue weighted by atomic mass is 79.9. The van der Waals surface area contributed by atoms with Crippen LogP contribution in [0, 0.1) is 13.8 Å². The molecule has 2 aromatic carbocycles. The van der Waals surface area contributed by atoms with Crippen molar-refractivity contribution in [2.24, 2.45) is 0 Å². The van der Waals surface area contributed by atoms with Gasteiger partial charge in [0, 0.05) is 5.56 Å². The Bertz CT molecular complexity index is 1010. The third-order valence-corrected chi connectivity index (χ3v) is 5.16. The zero-order chi connectivity index (χ0) is 19.6. The highest BCUT2D eigenvalue weighted by Crippen LogP contribution is 2.23. The Balaban J connectivity index is 1.68. The average Bonchev–Trinajstić information content (AvgIpc) is 2.93. The van der Waals surface area contributed by atoms with Gasteiger partial charge < -0.3 is 5.11 Å². The first-order valence-corrected chi connectivity index (χ1v) is 8.88. The molecule has 1 heterocycles. The lowest BCUT2D eigenvalue weighted by Crippen LogP contribution is -2.41. The number of amides is 2. The largest absolute Gasteiger partial charge is 0.507 e. The van der Waals surface area contributed by atoms with Gasteiger partial charge in [0.05, 0.1) is 27.1 Å². The first-order valence-electron chi connectivity index (χ1n) is 8.09. The van der Waals surface area contributed by atoms with Gasteiger partial charge in [-0.05, 0) is 66.2 Å². The van der Waals surface area contributed by atoms with Gasteiger partial charge >= 0.3 is 0 Å². The van der Waals surface area contributed by atoms with E-state index in [1.165, 1.54) is 12.1 Å². The molecule has 0 bridgehead atoms. The summed E-state index contributed by atoms with van der Waals surface area (Å²) in [5.74, 6) is -1.24. The number of hydrogen-bond donors (Lipinski definition) is 3. The van der Waals surface area contributed by atoms with Crippen LogP contribution in [0.5, 0.6) is 5.75 Å². The molecule has 7 nitrogen and oxygen atoms in total. The maximum atomic E-state index is 12.2. The molecule has 0 atom stereocenters. The Kier molecular flexibility index (Phi) is 5.27. The second kappa shape index (κ2) is 7.63. The van der Waals surface area contributed by atoms with Crippen molar-refractivity contribution in [1.82, 2.24) is 20.6 Å². The minimum atomic E-state index is -0.606. The third kappa shape index (κ3) is 3.85. The number of phenolic OH excluding ortho intramolecular Hbond substituents is 1. The topological polar surface area (TPSA) is 96.3 Å². The molecule has 0 spiro atoms. The average molecular weight is 429 g/mol. The molecule has 0 aliphatic rings. The van der Waals surface area contributed by atoms with Crippen molar-refractivity contribution in [2.75, 3.05) is 0 Å². The van der Waals surface area contributed by atoms with Gasteiger partial charge in [-0.25, -0.2) is 4.68 Å². The molecular weight excluding hydrogens is 412 g/mol. The van der Waals surface area contributed by atoms with Crippen LogP contribution in [0.4, 0.5) is 0 Å². The predicted molar refractivity (Wildman–Crippen MR) is 104 cm³/mol. The normalized spacial score (nSPS) is 10.5. The van der Waals surface area contributed by atoms with Gasteiger partial charge in [0.15, 0.2) is 0 Å². The van der Waals surface area contributed by atoms with E-state index in [9.17, 15) is 14.7 Å². The summed E-state index contributed by atoms with van der Waals surface area (Å²) in [6, 6.07) is 12.9. The number of phenols is 1. The molecule has 2 amide bonds. The number of halogens is 1. The number of rotatable bonds is 3. The molecule has 0 unspecified atom stereocenters. The lowest BCUT2D eigenvalue weighted by molar-refractivity contribution is 0.0845. The van der Waals surface area contributed by atoms with Crippen molar-refractivity contribution < 1.29 is 14.7 Å². The quantitative estimate of drug-likeness (QED) is 0.558. The van der Waals surface area contributed by atoms with Crippen molar-refractivity contribution >= 4 is 27.7 Å². The number of nitrogens with one attached hydrogen (secondary N) is 2. The number of hydrogen-bond acceptors (Lipinski definition) is 4. The Labute approximate surface area is 164 Å². The van der Waals surface area contributed by atoms with Gasteiger partial charge in [0.2, 0.25) is 0 Å². The van der Waals surface area contributed by atoms with Gasteiger partial charge in [0.1, 0.15) is 5.75 Å². The first kappa shape index (κ1) is 18.7. The minimum Gasteiger partial charge on any atom is -0.507 e. The van der Waals surface area contributed by atoms with E-state index in [2.05, 4.69) is 31.9 Å². The molecule has 0 radical (unpaired) electrons. The van der Waals surface area contributed by atoms with Crippen LogP contribution >= 0.6 is 15.9 Å². The van der Waals surface area contributed by atoms with Crippen LogP contribution in [0.25, 0.3) is 5.69 Å². The maximum Gasteiger partial charge on any atom is 0.273 e. The van der Waals surface area contributed by atoms with E-state index in [4.69, 9.17) is 0 Å². The molecule has 1 aromatic heterocycles. The Morgan fingerprint density at radius 1 is 1.00 bits per heavy atom. The summed E-state index contributed by atoms with van der Waals surface area (Å²) in [4.78, 5) is 24.2. The summed E-state index contributed by atoms with van der Waals surface area (Å²) in [6.07, 6.45) is 0. The second-order valence-electron chi connectivity index (χ2n) is 5.87. The predicted octanol–water partition coefficient (Wildman–Crippen LogP) is 3.03. The van der Waals surface area contributed by atoms with E-state index in [1.807, 2.05) is 13.8 Å². The fourth-order valence-corrected chi connectivity index (χ4v) is 2.80. The zero-order valence-electron chi connectivity index (χ0n) is 14.7. The van der Waals surface area contributed by atoms with E-state index in [-0.39, 0.29) is 11.3 Å². The van der Waals surface area contributed by atoms with E-state index >= 15 is 0 Å². The number of carbonyl (C=O) groups is 2. The summed E-state index contributed by atoms with van der Waals surface area (Å²) in [5.41, 5.74) is 7.71. The van der Waals surface area contributed by atoms with E-state index < -0.39 is 11.8 Å². The molecule has 3 aromatic rings. The molecule has 0 aliphatic heterocycles. The standard InChI is InChI=1S/C19H17BrN4O3/c1-11-17(20)12(2)24(23-11)14-9-7-13(8-10-14)18(26)21-22-19(27)15-5-3-4-6-16(15)25/h3-10,25H,1-2H3,(H,21,26)(H,22,27). The Morgan fingerprint density at radius 2 is 1.63 bits per heavy atom. The summed E-state index contributed by atoms with van der Waals surface area (Å²) in [5, 5.41) is 14.1. The fourth-order valence-electron chi connectivity index (χ4n) is 2.55. The molecule has 0 saturated carbocycles. The summed E-state index contributed by atoms with van der Waals surface area (Å²) < 4.78 is 2.72. The molecule has 3 rings (SSSR count). The van der Waals surface area contributed by atoms with Crippen LogP contribution in [0.1, 0.15) is 32.1 Å². The summed E-state index contributed by atoms with van der Waals surface area (Å²) >= 11 is 3.49. The molecular formula is C19H17BrN4O3. The lowest BCUT2D eigenvalue weighted by Gasteiger charge is -2.09. The number of nitrogens with zero attached hydrogens (tertiary/aromatic N) is 2. The van der Waals surface area contributed by atoms with Crippen LogP contribution in [0.2, 0.25) is 0 Å². The van der Waals surface area contributed by atoms with Gasteiger partial charge in [-0.1, -0.05) is 12.1 Å². The lowest BCUT2D eigenvalue weighted by atomic mass is 10.2. The highest BCUT2D eigenvalue weighted by Gasteiger charge is 2.13. The Morgan fingerprint density at radius 3 is 2.22 bits per heavy atom. The molecule has 0 saturated heterocycles. The summed E-state index contributed by atoms with van der Waals surface area (Å²) in [7, 11) is 0. The number of hydrazine groups is 1. The van der Waals surface area contributed by atoms with E-state index in [1.54, 1.807) is 41.1 Å². The summed E-state index contributed by atoms with van der Waals surface area (Å²) in [6.45, 7) is 3.85. The highest BCUT2D eigenvalue weighted by molar-refractivity contribution is 9.10. The third-order valence-electron chi connectivity index (χ3n) is 4.02. The molecule has 138 valence electrons. The van der Waals surface area contributed by atoms with Gasteiger partial charge in [-0.3, -0.25) is 20.4 Å². The first-order chi connectivity index (χ1) is 12.9. The SMILES string of the molecule is Cc1nn(-c2ccc(C(=O)NNC(=O)c3ccccc3O)cc2)c(C)c1Br. The van der Waals surface area contributed by atoms with Crippen molar-refractivity contribution in [3.63, 3.8) is 0 Å². The molecule has 0 fully saturated rings. The Hall–Kier alpha value is -3.13. The van der Waals surface area contributed by atoms with E-state index in [0.717, 1.165) is 21.5 Å². The fraction of sp³-hybridized carbons (Fsp3) is 0.105. The molecule has 27 heavy (non-hydrogen) atoms. The number of aromatic hydroxyl groups is 1.